The minimum Gasteiger partial charge on any atom is -0.305 e. The molecule has 1 unspecified atom stereocenters. The van der Waals surface area contributed by atoms with Crippen LogP contribution in [-0.2, 0) is 6.42 Å². The number of carbonyl (C=O) groups is 1. The average molecular weight is 285 g/mol. The Labute approximate surface area is 124 Å². The smallest absolute Gasteiger partial charge is 0.169 e. The van der Waals surface area contributed by atoms with E-state index in [1.54, 1.807) is 18.3 Å². The Hall–Kier alpha value is -1.45. The van der Waals surface area contributed by atoms with E-state index in [-0.39, 0.29) is 5.78 Å². The molecular formula is C17H19NOS. The van der Waals surface area contributed by atoms with Gasteiger partial charge in [0.05, 0.1) is 4.88 Å². The third kappa shape index (κ3) is 2.56. The lowest BCUT2D eigenvalue weighted by Crippen LogP contribution is -2.24. The normalized spacial score (nSPS) is 19.4. The Morgan fingerprint density at radius 2 is 2.05 bits per heavy atom. The molecule has 20 heavy (non-hydrogen) atoms. The first kappa shape index (κ1) is 13.5. The fraction of sp³-hybridized carbons (Fsp3) is 0.353. The van der Waals surface area contributed by atoms with Crippen LogP contribution in [0.4, 0.5) is 0 Å². The van der Waals surface area contributed by atoms with Crippen molar-refractivity contribution in [2.24, 2.45) is 0 Å². The molecule has 1 aliphatic heterocycles. The lowest BCUT2D eigenvalue weighted by Gasteiger charge is -2.20. The fourth-order valence-electron chi connectivity index (χ4n) is 2.85. The van der Waals surface area contributed by atoms with Gasteiger partial charge >= 0.3 is 0 Å². The Morgan fingerprint density at radius 3 is 2.75 bits per heavy atom. The van der Waals surface area contributed by atoms with Gasteiger partial charge in [0.2, 0.25) is 0 Å². The summed E-state index contributed by atoms with van der Waals surface area (Å²) in [6, 6.07) is 12.7. The van der Waals surface area contributed by atoms with Crippen molar-refractivity contribution in [1.82, 2.24) is 4.90 Å². The molecule has 0 saturated carbocycles. The summed E-state index contributed by atoms with van der Waals surface area (Å²) in [5.41, 5.74) is 2.71. The Kier molecular flexibility index (Phi) is 3.72. The van der Waals surface area contributed by atoms with Crippen molar-refractivity contribution in [3.63, 3.8) is 0 Å². The van der Waals surface area contributed by atoms with E-state index in [0.29, 0.717) is 5.92 Å². The quantitative estimate of drug-likeness (QED) is 0.786. The lowest BCUT2D eigenvalue weighted by molar-refractivity contribution is 0.102. The van der Waals surface area contributed by atoms with Crippen molar-refractivity contribution < 1.29 is 4.79 Å². The molecule has 1 aromatic carbocycles. The highest BCUT2D eigenvalue weighted by atomic mass is 32.1. The van der Waals surface area contributed by atoms with Gasteiger partial charge in [-0.25, -0.2) is 0 Å². The molecule has 3 heteroatoms. The molecule has 0 bridgehead atoms. The monoisotopic (exact) mass is 285 g/mol. The second-order valence-corrected chi connectivity index (χ2v) is 6.62. The summed E-state index contributed by atoms with van der Waals surface area (Å²) in [6.45, 7) is 3.74. The highest BCUT2D eigenvalue weighted by Gasteiger charge is 2.25. The summed E-state index contributed by atoms with van der Waals surface area (Å²) < 4.78 is 0. The average Bonchev–Trinajstić information content (AvgIpc) is 2.81. The number of ketones is 1. The first-order chi connectivity index (χ1) is 9.65. The van der Waals surface area contributed by atoms with Gasteiger partial charge in [0.15, 0.2) is 5.78 Å². The van der Waals surface area contributed by atoms with E-state index in [0.717, 1.165) is 24.4 Å². The minimum atomic E-state index is 0.184. The zero-order valence-corrected chi connectivity index (χ0v) is 12.7. The number of fused-ring (bicyclic) bond motifs is 1. The molecule has 0 radical (unpaired) electrons. The highest BCUT2D eigenvalue weighted by Crippen LogP contribution is 2.37. The number of carbonyl (C=O) groups excluding carboxylic acids is 1. The van der Waals surface area contributed by atoms with Gasteiger partial charge in [0.25, 0.3) is 0 Å². The lowest BCUT2D eigenvalue weighted by atomic mass is 9.95. The number of likely N-dealkylation sites (N-methyl/N-ethyl adjacent to an activating group) is 1. The summed E-state index contributed by atoms with van der Waals surface area (Å²) in [4.78, 5) is 16.3. The molecule has 0 N–H and O–H groups in total. The van der Waals surface area contributed by atoms with Crippen LogP contribution in [-0.4, -0.2) is 30.8 Å². The van der Waals surface area contributed by atoms with E-state index in [4.69, 9.17) is 0 Å². The van der Waals surface area contributed by atoms with Crippen molar-refractivity contribution in [1.29, 1.82) is 0 Å². The van der Waals surface area contributed by atoms with Gasteiger partial charge in [-0.05, 0) is 37.6 Å². The molecule has 0 fully saturated rings. The topological polar surface area (TPSA) is 20.3 Å². The number of nitrogens with zero attached hydrogens (tertiary/aromatic N) is 1. The second kappa shape index (κ2) is 5.51. The van der Waals surface area contributed by atoms with Crippen molar-refractivity contribution in [2.75, 3.05) is 20.1 Å². The molecule has 0 aliphatic carbocycles. The number of rotatable bonds is 2. The van der Waals surface area contributed by atoms with E-state index in [1.165, 1.54) is 16.0 Å². The van der Waals surface area contributed by atoms with Crippen LogP contribution >= 0.6 is 11.3 Å². The maximum absolute atomic E-state index is 11.7. The maximum Gasteiger partial charge on any atom is 0.169 e. The van der Waals surface area contributed by atoms with E-state index >= 15 is 0 Å². The standard InChI is InChI=1S/C17H19NOS/c1-12(19)16-10-14-8-9-18(2)11-15(17(14)20-16)13-6-4-3-5-7-13/h3-7,10,15H,8-9,11H2,1-2H3. The van der Waals surface area contributed by atoms with Gasteiger partial charge in [-0.1, -0.05) is 30.3 Å². The van der Waals surface area contributed by atoms with E-state index in [1.807, 2.05) is 0 Å². The SMILES string of the molecule is CC(=O)c1cc2c(s1)C(c1ccccc1)CN(C)CC2. The molecule has 3 rings (SSSR count). The van der Waals surface area contributed by atoms with Gasteiger partial charge in [-0.3, -0.25) is 4.79 Å². The Bertz CT molecular complexity index is 617. The number of benzene rings is 1. The minimum absolute atomic E-state index is 0.184. The van der Waals surface area contributed by atoms with Crippen LogP contribution in [0.5, 0.6) is 0 Å². The predicted molar refractivity (Wildman–Crippen MR) is 83.8 cm³/mol. The number of Topliss-reactive ketones (excluding diaryl/α,β-unsaturated/α-hetero) is 1. The first-order valence-corrected chi connectivity index (χ1v) is 7.84. The van der Waals surface area contributed by atoms with Gasteiger partial charge in [-0.15, -0.1) is 11.3 Å². The Balaban J connectivity index is 2.07. The zero-order chi connectivity index (χ0) is 14.1. The maximum atomic E-state index is 11.7. The predicted octanol–water partition coefficient (Wildman–Crippen LogP) is 3.57. The third-order valence-corrected chi connectivity index (χ3v) is 5.36. The molecule has 2 heterocycles. The van der Waals surface area contributed by atoms with Crippen molar-refractivity contribution in [2.45, 2.75) is 19.3 Å². The highest BCUT2D eigenvalue weighted by molar-refractivity contribution is 7.14. The zero-order valence-electron chi connectivity index (χ0n) is 11.9. The van der Waals surface area contributed by atoms with Crippen LogP contribution < -0.4 is 0 Å². The molecule has 2 aromatic rings. The van der Waals surface area contributed by atoms with Crippen LogP contribution in [0.3, 0.4) is 0 Å². The molecule has 1 atom stereocenters. The summed E-state index contributed by atoms with van der Waals surface area (Å²) in [7, 11) is 2.18. The van der Waals surface area contributed by atoms with Crippen LogP contribution in [0.1, 0.15) is 38.5 Å². The van der Waals surface area contributed by atoms with Crippen molar-refractivity contribution in [3.05, 3.63) is 57.3 Å². The van der Waals surface area contributed by atoms with E-state index < -0.39 is 0 Å². The molecule has 1 aliphatic rings. The molecule has 1 aromatic heterocycles. The van der Waals surface area contributed by atoms with Gasteiger partial charge in [-0.2, -0.15) is 0 Å². The number of hydrogen-bond acceptors (Lipinski definition) is 3. The first-order valence-electron chi connectivity index (χ1n) is 7.02. The van der Waals surface area contributed by atoms with Gasteiger partial charge in [0.1, 0.15) is 0 Å². The third-order valence-electron chi connectivity index (χ3n) is 3.96. The van der Waals surface area contributed by atoms with Crippen LogP contribution in [0, 0.1) is 0 Å². The molecule has 0 saturated heterocycles. The molecular weight excluding hydrogens is 266 g/mol. The molecule has 0 spiro atoms. The largest absolute Gasteiger partial charge is 0.305 e. The second-order valence-electron chi connectivity index (χ2n) is 5.53. The van der Waals surface area contributed by atoms with Crippen LogP contribution in [0.2, 0.25) is 0 Å². The van der Waals surface area contributed by atoms with Crippen molar-refractivity contribution >= 4 is 17.1 Å². The molecule has 2 nitrogen and oxygen atoms in total. The molecule has 0 amide bonds. The van der Waals surface area contributed by atoms with Crippen LogP contribution in [0.25, 0.3) is 0 Å². The Morgan fingerprint density at radius 1 is 1.30 bits per heavy atom. The van der Waals surface area contributed by atoms with Crippen LogP contribution in [0.15, 0.2) is 36.4 Å². The van der Waals surface area contributed by atoms with Gasteiger partial charge in [0, 0.05) is 23.9 Å². The van der Waals surface area contributed by atoms with Crippen molar-refractivity contribution in [3.8, 4) is 0 Å². The number of hydrogen-bond donors (Lipinski definition) is 0. The summed E-state index contributed by atoms with van der Waals surface area (Å²) in [6.07, 6.45) is 1.04. The molecule has 104 valence electrons. The summed E-state index contributed by atoms with van der Waals surface area (Å²) >= 11 is 1.69. The summed E-state index contributed by atoms with van der Waals surface area (Å²) in [5, 5.41) is 0. The number of thiophene rings is 1. The van der Waals surface area contributed by atoms with E-state index in [9.17, 15) is 4.79 Å². The van der Waals surface area contributed by atoms with Gasteiger partial charge < -0.3 is 4.90 Å². The van der Waals surface area contributed by atoms with E-state index in [2.05, 4.69) is 48.3 Å². The fourth-order valence-corrected chi connectivity index (χ4v) is 4.07. The summed E-state index contributed by atoms with van der Waals surface area (Å²) in [5.74, 6) is 0.569.